The van der Waals surface area contributed by atoms with Gasteiger partial charge in [0, 0.05) is 17.5 Å². The van der Waals surface area contributed by atoms with Crippen molar-refractivity contribution < 1.29 is 19.0 Å². The molecule has 2 aromatic heterocycles. The number of benzene rings is 2. The molecule has 20 heavy (non-hydrogen) atoms. The molecule has 4 rings (SSSR count). The van der Waals surface area contributed by atoms with Crippen molar-refractivity contribution in [2.24, 2.45) is 0 Å². The number of aromatic hydroxyl groups is 2. The summed E-state index contributed by atoms with van der Waals surface area (Å²) < 4.78 is 11.0. The van der Waals surface area contributed by atoms with Gasteiger partial charge in [-0.25, -0.2) is 0 Å². The van der Waals surface area contributed by atoms with E-state index in [0.29, 0.717) is 21.7 Å². The van der Waals surface area contributed by atoms with Gasteiger partial charge in [0.25, 0.3) is 0 Å². The Morgan fingerprint density at radius 1 is 0.800 bits per heavy atom. The van der Waals surface area contributed by atoms with E-state index in [9.17, 15) is 15.0 Å². The zero-order valence-electron chi connectivity index (χ0n) is 10.1. The van der Waals surface area contributed by atoms with Crippen molar-refractivity contribution in [2.75, 3.05) is 0 Å². The lowest BCUT2D eigenvalue weighted by Crippen LogP contribution is -2.00. The topological polar surface area (TPSA) is 83.8 Å². The highest BCUT2D eigenvalue weighted by Crippen LogP contribution is 2.31. The van der Waals surface area contributed by atoms with Crippen LogP contribution in [0.4, 0.5) is 0 Å². The van der Waals surface area contributed by atoms with E-state index in [0.717, 1.165) is 0 Å². The Balaban J connectivity index is 2.29. The van der Waals surface area contributed by atoms with Crippen LogP contribution in [0.15, 0.2) is 50.0 Å². The van der Waals surface area contributed by atoms with Gasteiger partial charge < -0.3 is 19.0 Å². The van der Waals surface area contributed by atoms with Gasteiger partial charge in [0.05, 0.1) is 5.39 Å². The average molecular weight is 268 g/mol. The van der Waals surface area contributed by atoms with Gasteiger partial charge in [0.2, 0.25) is 5.43 Å². The molecule has 0 aliphatic carbocycles. The number of hydrogen-bond acceptors (Lipinski definition) is 5. The third-order valence-corrected chi connectivity index (χ3v) is 3.28. The molecule has 0 bridgehead atoms. The van der Waals surface area contributed by atoms with Crippen LogP contribution in [0.2, 0.25) is 0 Å². The molecule has 2 aromatic carbocycles. The highest BCUT2D eigenvalue weighted by atomic mass is 16.5. The Hall–Kier alpha value is -2.95. The van der Waals surface area contributed by atoms with Crippen LogP contribution < -0.4 is 5.43 Å². The molecule has 0 aliphatic heterocycles. The van der Waals surface area contributed by atoms with Crippen molar-refractivity contribution in [1.29, 1.82) is 0 Å². The van der Waals surface area contributed by atoms with Crippen LogP contribution in [-0.4, -0.2) is 10.2 Å². The van der Waals surface area contributed by atoms with E-state index >= 15 is 0 Å². The van der Waals surface area contributed by atoms with Crippen LogP contribution in [0.5, 0.6) is 11.5 Å². The smallest absolute Gasteiger partial charge is 0.302 e. The van der Waals surface area contributed by atoms with E-state index < -0.39 is 0 Å². The molecular formula is C15H8O5. The minimum Gasteiger partial charge on any atom is -0.508 e. The highest BCUT2D eigenvalue weighted by Gasteiger charge is 2.16. The Bertz CT molecular complexity index is 1040. The summed E-state index contributed by atoms with van der Waals surface area (Å²) in [6, 6.07) is 8.82. The van der Waals surface area contributed by atoms with Crippen LogP contribution in [0.1, 0.15) is 0 Å². The SMILES string of the molecule is O=c1c2ccc(O)cc2oc2oc3cc(O)ccc3c12. The second-order valence-corrected chi connectivity index (χ2v) is 4.56. The van der Waals surface area contributed by atoms with Gasteiger partial charge in [0.1, 0.15) is 28.1 Å². The van der Waals surface area contributed by atoms with Gasteiger partial charge in [0.15, 0.2) is 0 Å². The monoisotopic (exact) mass is 268 g/mol. The molecule has 0 fully saturated rings. The first-order valence-electron chi connectivity index (χ1n) is 5.94. The molecule has 0 unspecified atom stereocenters. The summed E-state index contributed by atoms with van der Waals surface area (Å²) in [5, 5.41) is 20.2. The van der Waals surface area contributed by atoms with Gasteiger partial charge >= 0.3 is 5.78 Å². The molecular weight excluding hydrogens is 260 g/mol. The normalized spacial score (nSPS) is 11.6. The fraction of sp³-hybridized carbons (Fsp3) is 0. The van der Waals surface area contributed by atoms with Crippen molar-refractivity contribution in [3.8, 4) is 11.5 Å². The molecule has 5 nitrogen and oxygen atoms in total. The Labute approximate surface area is 111 Å². The maximum Gasteiger partial charge on any atom is 0.302 e. The molecule has 0 radical (unpaired) electrons. The van der Waals surface area contributed by atoms with Gasteiger partial charge in [-0.3, -0.25) is 4.79 Å². The predicted molar refractivity (Wildman–Crippen MR) is 73.1 cm³/mol. The summed E-state index contributed by atoms with van der Waals surface area (Å²) in [5.41, 5.74) is 0.400. The van der Waals surface area contributed by atoms with Gasteiger partial charge in [-0.15, -0.1) is 0 Å². The second-order valence-electron chi connectivity index (χ2n) is 4.56. The Morgan fingerprint density at radius 2 is 1.35 bits per heavy atom. The predicted octanol–water partition coefficient (Wildman–Crippen LogP) is 3.10. The first-order chi connectivity index (χ1) is 9.63. The molecule has 2 N–H and O–H groups in total. The van der Waals surface area contributed by atoms with E-state index in [2.05, 4.69) is 0 Å². The standard InChI is InChI=1S/C15H8O5/c16-7-1-3-9-11(5-7)19-15-13(9)14(18)10-4-2-8(17)6-12(10)20-15/h1-6,16-17H. The van der Waals surface area contributed by atoms with Crippen molar-refractivity contribution in [3.05, 3.63) is 46.6 Å². The van der Waals surface area contributed by atoms with Crippen molar-refractivity contribution in [2.45, 2.75) is 0 Å². The fourth-order valence-corrected chi connectivity index (χ4v) is 2.37. The average Bonchev–Trinajstić information content (AvgIpc) is 2.75. The lowest BCUT2D eigenvalue weighted by molar-refractivity contribution is 0.471. The fourth-order valence-electron chi connectivity index (χ4n) is 2.37. The minimum atomic E-state index is -0.231. The summed E-state index contributed by atoms with van der Waals surface area (Å²) in [4.78, 5) is 12.5. The lowest BCUT2D eigenvalue weighted by atomic mass is 10.1. The molecule has 0 amide bonds. The van der Waals surface area contributed by atoms with Gasteiger partial charge in [-0.2, -0.15) is 0 Å². The van der Waals surface area contributed by atoms with Crippen molar-refractivity contribution in [3.63, 3.8) is 0 Å². The molecule has 0 spiro atoms. The largest absolute Gasteiger partial charge is 0.508 e. The highest BCUT2D eigenvalue weighted by molar-refractivity contribution is 6.06. The maximum absolute atomic E-state index is 12.5. The van der Waals surface area contributed by atoms with E-state index in [1.807, 2.05) is 0 Å². The van der Waals surface area contributed by atoms with E-state index in [4.69, 9.17) is 8.83 Å². The number of furan rings is 1. The van der Waals surface area contributed by atoms with Crippen molar-refractivity contribution >= 4 is 33.1 Å². The molecule has 5 heteroatoms. The van der Waals surface area contributed by atoms with Gasteiger partial charge in [-0.1, -0.05) is 0 Å². The first-order valence-corrected chi connectivity index (χ1v) is 5.94. The summed E-state index contributed by atoms with van der Waals surface area (Å²) in [7, 11) is 0. The van der Waals surface area contributed by atoms with E-state index in [-0.39, 0.29) is 28.3 Å². The van der Waals surface area contributed by atoms with Crippen LogP contribution >= 0.6 is 0 Å². The van der Waals surface area contributed by atoms with E-state index in [1.165, 1.54) is 30.3 Å². The summed E-state index contributed by atoms with van der Waals surface area (Å²) in [6.45, 7) is 0. The number of hydrogen-bond donors (Lipinski definition) is 2. The number of phenolic OH excluding ortho intramolecular Hbond substituents is 2. The molecule has 0 atom stereocenters. The number of fused-ring (bicyclic) bond motifs is 4. The van der Waals surface area contributed by atoms with Crippen LogP contribution in [0.25, 0.3) is 33.1 Å². The molecule has 98 valence electrons. The van der Waals surface area contributed by atoms with Crippen LogP contribution in [-0.2, 0) is 0 Å². The molecule has 0 saturated carbocycles. The van der Waals surface area contributed by atoms with Gasteiger partial charge in [-0.05, 0) is 24.3 Å². The van der Waals surface area contributed by atoms with Crippen LogP contribution in [0, 0.1) is 0 Å². The zero-order valence-corrected chi connectivity index (χ0v) is 10.1. The van der Waals surface area contributed by atoms with Crippen molar-refractivity contribution in [1.82, 2.24) is 0 Å². The summed E-state index contributed by atoms with van der Waals surface area (Å²) in [6.07, 6.45) is 0. The van der Waals surface area contributed by atoms with Crippen LogP contribution in [0.3, 0.4) is 0 Å². The quantitative estimate of drug-likeness (QED) is 0.512. The maximum atomic E-state index is 12.5. The Kier molecular flexibility index (Phi) is 1.93. The molecule has 0 aliphatic rings. The minimum absolute atomic E-state index is 0.00811. The first kappa shape index (κ1) is 10.9. The second kappa shape index (κ2) is 3.54. The lowest BCUT2D eigenvalue weighted by Gasteiger charge is -1.97. The zero-order chi connectivity index (χ0) is 13.9. The van der Waals surface area contributed by atoms with E-state index in [1.54, 1.807) is 6.07 Å². The summed E-state index contributed by atoms with van der Waals surface area (Å²) in [5.74, 6) is 0.133. The summed E-state index contributed by atoms with van der Waals surface area (Å²) >= 11 is 0. The third-order valence-electron chi connectivity index (χ3n) is 3.28. The Morgan fingerprint density at radius 3 is 2.00 bits per heavy atom. The molecule has 2 heterocycles. The third kappa shape index (κ3) is 1.34. The number of rotatable bonds is 0. The molecule has 4 aromatic rings. The molecule has 0 saturated heterocycles. The number of phenols is 2.